The second kappa shape index (κ2) is 5.37. The summed E-state index contributed by atoms with van der Waals surface area (Å²) in [5.74, 6) is 0.213. The molecule has 4 nitrogen and oxygen atoms in total. The summed E-state index contributed by atoms with van der Waals surface area (Å²) in [7, 11) is 0. The van der Waals surface area contributed by atoms with Crippen molar-refractivity contribution in [2.45, 2.75) is 44.7 Å². The molecule has 1 N–H and O–H groups in total. The van der Waals surface area contributed by atoms with Gasteiger partial charge in [-0.2, -0.15) is 0 Å². The minimum absolute atomic E-state index is 0.213. The molecule has 1 aliphatic carbocycles. The van der Waals surface area contributed by atoms with Crippen LogP contribution in [0.2, 0.25) is 0 Å². The van der Waals surface area contributed by atoms with Crippen LogP contribution in [0.4, 0.5) is 0 Å². The van der Waals surface area contributed by atoms with Crippen LogP contribution in [-0.4, -0.2) is 41.1 Å². The Morgan fingerprint density at radius 2 is 2.26 bits per heavy atom. The molecule has 0 atom stereocenters. The maximum atomic E-state index is 12.8. The third-order valence-corrected chi connectivity index (χ3v) is 4.39. The molecule has 1 saturated carbocycles. The monoisotopic (exact) mass is 261 g/mol. The number of nitrogens with one attached hydrogen (secondary N) is 1. The second-order valence-electron chi connectivity index (χ2n) is 5.70. The summed E-state index contributed by atoms with van der Waals surface area (Å²) < 4.78 is 2.20. The number of amides is 1. The number of hydrogen-bond donors (Lipinski definition) is 1. The fraction of sp³-hybridized carbons (Fsp3) is 0.667. The number of carbonyl (C=O) groups is 1. The minimum Gasteiger partial charge on any atom is -0.340 e. The molecule has 1 saturated heterocycles. The van der Waals surface area contributed by atoms with Gasteiger partial charge in [-0.3, -0.25) is 4.79 Å². The van der Waals surface area contributed by atoms with Crippen molar-refractivity contribution in [1.82, 2.24) is 14.8 Å². The number of carbonyl (C=O) groups excluding carboxylic acids is 1. The molecule has 0 bridgehead atoms. The van der Waals surface area contributed by atoms with Crippen LogP contribution in [0, 0.1) is 0 Å². The van der Waals surface area contributed by atoms with E-state index in [-0.39, 0.29) is 5.91 Å². The smallest absolute Gasteiger partial charge is 0.270 e. The number of nitrogens with zero attached hydrogens (tertiary/aromatic N) is 2. The highest BCUT2D eigenvalue weighted by Gasteiger charge is 2.31. The van der Waals surface area contributed by atoms with Gasteiger partial charge in [0.15, 0.2) is 0 Å². The molecule has 1 aromatic heterocycles. The SMILES string of the molecule is CCCN(C(=O)c1cccn1C1CCC1)C1CNC1. The molecule has 0 radical (unpaired) electrons. The molecule has 2 heterocycles. The van der Waals surface area contributed by atoms with E-state index in [9.17, 15) is 4.79 Å². The summed E-state index contributed by atoms with van der Waals surface area (Å²) in [5.41, 5.74) is 0.880. The van der Waals surface area contributed by atoms with Crippen LogP contribution in [-0.2, 0) is 0 Å². The molecule has 2 aliphatic rings. The van der Waals surface area contributed by atoms with E-state index in [2.05, 4.69) is 27.9 Å². The fourth-order valence-electron chi connectivity index (χ4n) is 2.89. The molecule has 0 aromatic carbocycles. The second-order valence-corrected chi connectivity index (χ2v) is 5.70. The average molecular weight is 261 g/mol. The topological polar surface area (TPSA) is 37.3 Å². The van der Waals surface area contributed by atoms with Crippen molar-refractivity contribution in [1.29, 1.82) is 0 Å². The van der Waals surface area contributed by atoms with Crippen molar-refractivity contribution in [2.75, 3.05) is 19.6 Å². The van der Waals surface area contributed by atoms with Crippen LogP contribution in [0.1, 0.15) is 49.1 Å². The van der Waals surface area contributed by atoms with Crippen molar-refractivity contribution in [2.24, 2.45) is 0 Å². The highest BCUT2D eigenvalue weighted by atomic mass is 16.2. The number of aromatic nitrogens is 1. The quantitative estimate of drug-likeness (QED) is 0.880. The first kappa shape index (κ1) is 12.7. The molecular formula is C15H23N3O. The van der Waals surface area contributed by atoms with Crippen LogP contribution >= 0.6 is 0 Å². The van der Waals surface area contributed by atoms with Gasteiger partial charge in [0.2, 0.25) is 0 Å². The highest BCUT2D eigenvalue weighted by Crippen LogP contribution is 2.33. The van der Waals surface area contributed by atoms with E-state index in [1.807, 2.05) is 12.1 Å². The van der Waals surface area contributed by atoms with Gasteiger partial charge in [0.05, 0.1) is 6.04 Å². The summed E-state index contributed by atoms with van der Waals surface area (Å²) in [6.45, 7) is 4.88. The maximum absolute atomic E-state index is 12.8. The van der Waals surface area contributed by atoms with E-state index in [4.69, 9.17) is 0 Å². The molecule has 2 fully saturated rings. The van der Waals surface area contributed by atoms with E-state index in [1.54, 1.807) is 0 Å². The Bertz CT molecular complexity index is 446. The Labute approximate surface area is 114 Å². The Kier molecular flexibility index (Phi) is 3.60. The van der Waals surface area contributed by atoms with Gasteiger partial charge in [0.25, 0.3) is 5.91 Å². The average Bonchev–Trinajstić information content (AvgIpc) is 2.71. The lowest BCUT2D eigenvalue weighted by atomic mass is 9.92. The highest BCUT2D eigenvalue weighted by molar-refractivity contribution is 5.93. The van der Waals surface area contributed by atoms with Gasteiger partial charge < -0.3 is 14.8 Å². The molecule has 104 valence electrons. The van der Waals surface area contributed by atoms with Gasteiger partial charge in [-0.05, 0) is 37.8 Å². The van der Waals surface area contributed by atoms with Crippen LogP contribution in [0.3, 0.4) is 0 Å². The fourth-order valence-corrected chi connectivity index (χ4v) is 2.89. The molecule has 1 aliphatic heterocycles. The molecule has 0 spiro atoms. The van der Waals surface area contributed by atoms with Crippen LogP contribution in [0.25, 0.3) is 0 Å². The Morgan fingerprint density at radius 3 is 2.79 bits per heavy atom. The molecule has 0 unspecified atom stereocenters. The van der Waals surface area contributed by atoms with E-state index >= 15 is 0 Å². The first-order valence-electron chi connectivity index (χ1n) is 7.49. The van der Waals surface area contributed by atoms with Crippen LogP contribution < -0.4 is 5.32 Å². The third kappa shape index (κ3) is 2.29. The van der Waals surface area contributed by atoms with Gasteiger partial charge in [0.1, 0.15) is 5.69 Å². The lowest BCUT2D eigenvalue weighted by Gasteiger charge is -2.39. The normalized spacial score (nSPS) is 19.8. The maximum Gasteiger partial charge on any atom is 0.270 e. The van der Waals surface area contributed by atoms with Crippen molar-refractivity contribution in [3.05, 3.63) is 24.0 Å². The summed E-state index contributed by atoms with van der Waals surface area (Å²) in [5, 5.41) is 3.26. The Morgan fingerprint density at radius 1 is 1.47 bits per heavy atom. The standard InChI is InChI=1S/C15H23N3O/c1-2-8-18(13-10-16-11-13)15(19)14-7-4-9-17(14)12-5-3-6-12/h4,7,9,12-13,16H,2-3,5-6,8,10-11H2,1H3. The molecule has 19 heavy (non-hydrogen) atoms. The third-order valence-electron chi connectivity index (χ3n) is 4.39. The van der Waals surface area contributed by atoms with Gasteiger partial charge in [0, 0.05) is 31.9 Å². The molecule has 3 rings (SSSR count). The van der Waals surface area contributed by atoms with Crippen molar-refractivity contribution >= 4 is 5.91 Å². The van der Waals surface area contributed by atoms with E-state index in [0.717, 1.165) is 31.7 Å². The van der Waals surface area contributed by atoms with E-state index < -0.39 is 0 Å². The zero-order valence-corrected chi connectivity index (χ0v) is 11.6. The van der Waals surface area contributed by atoms with Crippen molar-refractivity contribution < 1.29 is 4.79 Å². The molecule has 4 heteroatoms. The first-order chi connectivity index (χ1) is 9.31. The number of rotatable bonds is 5. The molecule has 1 amide bonds. The van der Waals surface area contributed by atoms with E-state index in [0.29, 0.717) is 12.1 Å². The summed E-state index contributed by atoms with van der Waals surface area (Å²) >= 11 is 0. The van der Waals surface area contributed by atoms with Crippen LogP contribution in [0.15, 0.2) is 18.3 Å². The first-order valence-corrected chi connectivity index (χ1v) is 7.49. The molecular weight excluding hydrogens is 238 g/mol. The Hall–Kier alpha value is -1.29. The van der Waals surface area contributed by atoms with Gasteiger partial charge >= 0.3 is 0 Å². The predicted octanol–water partition coefficient (Wildman–Crippen LogP) is 2.04. The van der Waals surface area contributed by atoms with Gasteiger partial charge in [-0.15, -0.1) is 0 Å². The number of hydrogen-bond acceptors (Lipinski definition) is 2. The van der Waals surface area contributed by atoms with Gasteiger partial charge in [-0.25, -0.2) is 0 Å². The minimum atomic E-state index is 0.213. The largest absolute Gasteiger partial charge is 0.340 e. The summed E-state index contributed by atoms with van der Waals surface area (Å²) in [6.07, 6.45) is 6.82. The van der Waals surface area contributed by atoms with Crippen molar-refractivity contribution in [3.63, 3.8) is 0 Å². The van der Waals surface area contributed by atoms with E-state index in [1.165, 1.54) is 19.3 Å². The lowest BCUT2D eigenvalue weighted by molar-refractivity contribution is 0.0599. The molecule has 1 aromatic rings. The lowest BCUT2D eigenvalue weighted by Crippen LogP contribution is -2.59. The van der Waals surface area contributed by atoms with Crippen molar-refractivity contribution in [3.8, 4) is 0 Å². The summed E-state index contributed by atoms with van der Waals surface area (Å²) in [4.78, 5) is 14.8. The zero-order chi connectivity index (χ0) is 13.2. The van der Waals surface area contributed by atoms with Crippen LogP contribution in [0.5, 0.6) is 0 Å². The summed E-state index contributed by atoms with van der Waals surface area (Å²) in [6, 6.07) is 4.93. The predicted molar refractivity (Wildman–Crippen MR) is 75.3 cm³/mol. The zero-order valence-electron chi connectivity index (χ0n) is 11.6. The Balaban J connectivity index is 1.78. The van der Waals surface area contributed by atoms with Gasteiger partial charge in [-0.1, -0.05) is 6.92 Å².